The maximum Gasteiger partial charge on any atom is 0.136 e. The van der Waals surface area contributed by atoms with Crippen LogP contribution in [0.5, 0.6) is 11.5 Å². The van der Waals surface area contributed by atoms with Crippen molar-refractivity contribution in [2.24, 2.45) is 0 Å². The zero-order valence-corrected chi connectivity index (χ0v) is 29.7. The fourth-order valence-corrected chi connectivity index (χ4v) is 8.12. The van der Waals surface area contributed by atoms with Gasteiger partial charge in [-0.15, -0.1) is 10.9 Å². The molecule has 0 saturated carbocycles. The predicted octanol–water partition coefficient (Wildman–Crippen LogP) is 3.84. The van der Waals surface area contributed by atoms with Crippen molar-refractivity contribution < 1.29 is 14.6 Å². The Morgan fingerprint density at radius 1 is 0.400 bits per heavy atom. The van der Waals surface area contributed by atoms with Crippen molar-refractivity contribution in [2.45, 2.75) is 6.92 Å². The lowest BCUT2D eigenvalue weighted by Crippen LogP contribution is -2.42. The van der Waals surface area contributed by atoms with E-state index in [1.807, 2.05) is 85.8 Å². The van der Waals surface area contributed by atoms with Crippen LogP contribution in [0, 0.1) is 6.92 Å². The smallest absolute Gasteiger partial charge is 0.136 e. The number of furan rings is 1. The van der Waals surface area contributed by atoms with Crippen molar-refractivity contribution in [3.63, 3.8) is 0 Å². The molecule has 10 heteroatoms. The topological polar surface area (TPSA) is 53.6 Å². The van der Waals surface area contributed by atoms with Crippen LogP contribution < -0.4 is 38.2 Å². The third-order valence-electron chi connectivity index (χ3n) is 10.9. The molecule has 0 bridgehead atoms. The third kappa shape index (κ3) is 5.14. The first-order valence-corrected chi connectivity index (χ1v) is 17.6. The number of hydrogen-bond donors (Lipinski definition) is 2. The zero-order valence-electron chi connectivity index (χ0n) is 29.7. The van der Waals surface area contributed by atoms with Gasteiger partial charge < -0.3 is 14.6 Å². The SMILES string of the molecule is [B]c1c([B])c(C)c(-c2ccc3oc4cccc(-c5c6ccccc6c(-c6ccc(-c7c([B])c([B])c(O)c([B])c7[B])cc6)c6ccccc56)c4c3c2)c(O)c1[B]. The average molecular weight is 687 g/mol. The van der Waals surface area contributed by atoms with Gasteiger partial charge in [0.25, 0.3) is 0 Å². The Balaban J connectivity index is 1.29. The third-order valence-corrected chi connectivity index (χ3v) is 10.9. The molecule has 9 aromatic rings. The maximum atomic E-state index is 11.2. The fraction of sp³-hybridized carbons (Fsp3) is 0.0222. The van der Waals surface area contributed by atoms with Crippen LogP contribution >= 0.6 is 0 Å². The first-order chi connectivity index (χ1) is 26.5. The standard InChI is InChI=1S/C45H23B7O3/c1-20-32(44(53)43(52)40(49)37(20)46)23-17-18-30-29(19-23)36-28(11-6-12-31(36)55-30)35-26-9-4-2-7-24(26)33(25-8-3-5-10-27(25)35)21-13-15-22(16-14-21)34-38(47)41(50)45(54)42(51)39(34)48/h2-19,53-54H,1H3. The van der Waals surface area contributed by atoms with Gasteiger partial charge >= 0.3 is 0 Å². The summed E-state index contributed by atoms with van der Waals surface area (Å²) in [7, 11) is 43.5. The molecule has 14 radical (unpaired) electrons. The van der Waals surface area contributed by atoms with Crippen molar-refractivity contribution in [1.29, 1.82) is 0 Å². The molecule has 1 heterocycles. The summed E-state index contributed by atoms with van der Waals surface area (Å²) in [4.78, 5) is 0. The molecule has 0 aliphatic carbocycles. The summed E-state index contributed by atoms with van der Waals surface area (Å²) in [6, 6.07) is 36.6. The van der Waals surface area contributed by atoms with Gasteiger partial charge in [0.1, 0.15) is 71.8 Å². The van der Waals surface area contributed by atoms with Crippen LogP contribution in [0.2, 0.25) is 0 Å². The van der Waals surface area contributed by atoms with E-state index in [0.717, 1.165) is 65.7 Å². The minimum atomic E-state index is -0.320. The van der Waals surface area contributed by atoms with Crippen LogP contribution in [0.15, 0.2) is 114 Å². The summed E-state index contributed by atoms with van der Waals surface area (Å²) in [6.45, 7) is 1.82. The van der Waals surface area contributed by atoms with E-state index in [1.165, 1.54) is 0 Å². The summed E-state index contributed by atoms with van der Waals surface area (Å²) in [5.41, 5.74) is 9.44. The van der Waals surface area contributed by atoms with Crippen LogP contribution in [0.3, 0.4) is 0 Å². The molecule has 0 fully saturated rings. The Labute approximate surface area is 327 Å². The van der Waals surface area contributed by atoms with Crippen LogP contribution in [-0.4, -0.2) is 65.1 Å². The van der Waals surface area contributed by atoms with Gasteiger partial charge in [-0.3, -0.25) is 0 Å². The number of fused-ring (bicyclic) bond motifs is 5. The number of rotatable bonds is 4. The van der Waals surface area contributed by atoms with E-state index in [1.54, 1.807) is 0 Å². The Morgan fingerprint density at radius 2 is 0.909 bits per heavy atom. The summed E-state index contributed by atoms with van der Waals surface area (Å²) in [6.07, 6.45) is 0. The van der Waals surface area contributed by atoms with Crippen molar-refractivity contribution in [3.05, 3.63) is 115 Å². The molecule has 0 atom stereocenters. The molecule has 0 amide bonds. The van der Waals surface area contributed by atoms with Gasteiger partial charge in [-0.05, 0) is 91.2 Å². The second kappa shape index (κ2) is 12.9. The number of aromatic hydroxyl groups is 2. The average Bonchev–Trinajstić information content (AvgIpc) is 3.59. The normalized spacial score (nSPS) is 11.7. The maximum absolute atomic E-state index is 11.2. The van der Waals surface area contributed by atoms with Gasteiger partial charge in [-0.2, -0.15) is 0 Å². The molecule has 0 aliphatic heterocycles. The molecule has 0 saturated heterocycles. The second-order valence-corrected chi connectivity index (χ2v) is 13.9. The highest BCUT2D eigenvalue weighted by atomic mass is 16.3. The molecule has 9 rings (SSSR count). The molecule has 0 spiro atoms. The lowest BCUT2D eigenvalue weighted by molar-refractivity contribution is 0.481. The number of phenolic OH excluding ortho intramolecular Hbond substituents is 2. The van der Waals surface area contributed by atoms with Crippen molar-refractivity contribution in [1.82, 2.24) is 0 Å². The molecule has 0 unspecified atom stereocenters. The number of phenols is 2. The monoisotopic (exact) mass is 688 g/mol. The molecule has 3 nitrogen and oxygen atoms in total. The lowest BCUT2D eigenvalue weighted by atomic mass is 9.65. The van der Waals surface area contributed by atoms with Gasteiger partial charge in [-0.25, -0.2) is 0 Å². The summed E-state index contributed by atoms with van der Waals surface area (Å²) >= 11 is 0. The molecule has 55 heavy (non-hydrogen) atoms. The van der Waals surface area contributed by atoms with E-state index in [2.05, 4.69) is 30.3 Å². The minimum Gasteiger partial charge on any atom is -0.509 e. The highest BCUT2D eigenvalue weighted by Crippen LogP contribution is 2.47. The van der Waals surface area contributed by atoms with E-state index in [-0.39, 0.29) is 44.3 Å². The van der Waals surface area contributed by atoms with Crippen molar-refractivity contribution >= 4 is 137 Å². The lowest BCUT2D eigenvalue weighted by Gasteiger charge is -2.20. The zero-order chi connectivity index (χ0) is 38.4. The summed E-state index contributed by atoms with van der Waals surface area (Å²) < 4.78 is 6.46. The van der Waals surface area contributed by atoms with E-state index in [4.69, 9.17) is 59.3 Å². The molecule has 0 aliphatic rings. The second-order valence-electron chi connectivity index (χ2n) is 13.9. The predicted molar refractivity (Wildman–Crippen MR) is 236 cm³/mol. The summed E-state index contributed by atoms with van der Waals surface area (Å²) in [5.74, 6) is -0.431. The molecule has 1 aromatic heterocycles. The van der Waals surface area contributed by atoms with Crippen molar-refractivity contribution in [2.75, 3.05) is 0 Å². The van der Waals surface area contributed by atoms with Crippen LogP contribution in [0.4, 0.5) is 0 Å². The summed E-state index contributed by atoms with van der Waals surface area (Å²) in [5, 5.41) is 27.5. The highest BCUT2D eigenvalue weighted by molar-refractivity contribution is 6.61. The van der Waals surface area contributed by atoms with Crippen LogP contribution in [-0.2, 0) is 0 Å². The highest BCUT2D eigenvalue weighted by Gasteiger charge is 2.22. The van der Waals surface area contributed by atoms with E-state index in [0.29, 0.717) is 33.3 Å². The molecule has 2 N–H and O–H groups in total. The van der Waals surface area contributed by atoms with Gasteiger partial charge in [0.15, 0.2) is 0 Å². The Bertz CT molecular complexity index is 2980. The number of hydrogen-bond acceptors (Lipinski definition) is 3. The molecular formula is C45H23B7O3. The fourth-order valence-electron chi connectivity index (χ4n) is 8.12. The molecule has 242 valence electrons. The van der Waals surface area contributed by atoms with Crippen LogP contribution in [0.1, 0.15) is 5.56 Å². The first-order valence-electron chi connectivity index (χ1n) is 17.6. The van der Waals surface area contributed by atoms with Gasteiger partial charge in [-0.1, -0.05) is 118 Å². The Hall–Kier alpha value is -5.87. The van der Waals surface area contributed by atoms with Gasteiger partial charge in [0.05, 0.1) is 5.75 Å². The Morgan fingerprint density at radius 3 is 1.49 bits per heavy atom. The van der Waals surface area contributed by atoms with E-state index < -0.39 is 0 Å². The number of benzene rings is 8. The van der Waals surface area contributed by atoms with Crippen LogP contribution in [0.25, 0.3) is 88.0 Å². The van der Waals surface area contributed by atoms with Gasteiger partial charge in [0.2, 0.25) is 0 Å². The van der Waals surface area contributed by atoms with E-state index >= 15 is 0 Å². The molecule has 8 aromatic carbocycles. The Kier molecular flexibility index (Phi) is 8.16. The largest absolute Gasteiger partial charge is 0.509 e. The van der Waals surface area contributed by atoms with Gasteiger partial charge in [0, 0.05) is 16.3 Å². The first kappa shape index (κ1) is 34.9. The van der Waals surface area contributed by atoms with E-state index in [9.17, 15) is 10.2 Å². The quantitative estimate of drug-likeness (QED) is 0.219. The minimum absolute atomic E-state index is 0.0112. The molecular weight excluding hydrogens is 664 g/mol. The van der Waals surface area contributed by atoms with Crippen molar-refractivity contribution in [3.8, 4) is 56.0 Å².